The molecule has 0 spiro atoms. The molecule has 0 atom stereocenters. The third kappa shape index (κ3) is 3.60. The van der Waals surface area contributed by atoms with E-state index in [2.05, 4.69) is 21.2 Å². The summed E-state index contributed by atoms with van der Waals surface area (Å²) < 4.78 is 10.4. The van der Waals surface area contributed by atoms with Crippen LogP contribution in [0.25, 0.3) is 10.8 Å². The summed E-state index contributed by atoms with van der Waals surface area (Å²) in [4.78, 5) is 23.7. The third-order valence-corrected chi connectivity index (χ3v) is 3.60. The maximum atomic E-state index is 12.0. The molecule has 1 heterocycles. The van der Waals surface area contributed by atoms with Gasteiger partial charge in [-0.3, -0.25) is 4.79 Å². The van der Waals surface area contributed by atoms with Gasteiger partial charge in [0.15, 0.2) is 11.3 Å². The van der Waals surface area contributed by atoms with Crippen molar-refractivity contribution in [2.75, 3.05) is 11.9 Å². The molecule has 2 aromatic carbocycles. The molecule has 0 saturated carbocycles. The van der Waals surface area contributed by atoms with Crippen molar-refractivity contribution in [1.29, 1.82) is 0 Å². The molecule has 116 valence electrons. The van der Waals surface area contributed by atoms with Crippen molar-refractivity contribution >= 4 is 44.3 Å². The Bertz CT molecular complexity index is 866. The lowest BCUT2D eigenvalue weighted by atomic mass is 10.1. The van der Waals surface area contributed by atoms with Crippen LogP contribution in [0.2, 0.25) is 0 Å². The monoisotopic (exact) mass is 373 g/mol. The van der Waals surface area contributed by atoms with Crippen LogP contribution in [0.4, 0.5) is 5.69 Å². The van der Waals surface area contributed by atoms with E-state index >= 15 is 0 Å². The second-order valence-electron chi connectivity index (χ2n) is 4.75. The summed E-state index contributed by atoms with van der Waals surface area (Å²) >= 11 is 3.09. The molecule has 0 fully saturated rings. The van der Waals surface area contributed by atoms with Crippen LogP contribution >= 0.6 is 15.9 Å². The minimum Gasteiger partial charge on any atom is -0.450 e. The van der Waals surface area contributed by atoms with Gasteiger partial charge in [-0.05, 0) is 39.5 Å². The quantitative estimate of drug-likeness (QED) is 0.702. The zero-order valence-electron chi connectivity index (χ0n) is 11.9. The van der Waals surface area contributed by atoms with Crippen molar-refractivity contribution in [2.45, 2.75) is 0 Å². The molecular weight excluding hydrogens is 362 g/mol. The summed E-state index contributed by atoms with van der Waals surface area (Å²) in [6.45, 7) is -0.389. The van der Waals surface area contributed by atoms with E-state index in [1.54, 1.807) is 12.1 Å². The van der Waals surface area contributed by atoms with Crippen molar-refractivity contribution in [2.24, 2.45) is 0 Å². The first-order valence-corrected chi connectivity index (χ1v) is 7.63. The van der Waals surface area contributed by atoms with Gasteiger partial charge in [-0.2, -0.15) is 0 Å². The van der Waals surface area contributed by atoms with Gasteiger partial charge < -0.3 is 14.5 Å². The number of amides is 1. The molecule has 23 heavy (non-hydrogen) atoms. The maximum absolute atomic E-state index is 12.0. The van der Waals surface area contributed by atoms with Gasteiger partial charge in [-0.1, -0.05) is 36.4 Å². The lowest BCUT2D eigenvalue weighted by Gasteiger charge is -2.08. The molecule has 0 bridgehead atoms. The molecule has 0 radical (unpaired) electrons. The molecule has 1 aromatic heterocycles. The summed E-state index contributed by atoms with van der Waals surface area (Å²) in [5, 5.41) is 4.68. The predicted octanol–water partition coefficient (Wildman–Crippen LogP) is 3.99. The van der Waals surface area contributed by atoms with E-state index in [-0.39, 0.29) is 12.4 Å². The van der Waals surface area contributed by atoms with Crippen LogP contribution in [0.5, 0.6) is 0 Å². The van der Waals surface area contributed by atoms with Gasteiger partial charge in [-0.25, -0.2) is 4.79 Å². The van der Waals surface area contributed by atoms with Crippen LogP contribution in [-0.4, -0.2) is 18.5 Å². The second kappa shape index (κ2) is 6.66. The fraction of sp³-hybridized carbons (Fsp3) is 0.0588. The van der Waals surface area contributed by atoms with Crippen LogP contribution < -0.4 is 5.32 Å². The Morgan fingerprint density at radius 1 is 1.04 bits per heavy atom. The van der Waals surface area contributed by atoms with Crippen LogP contribution in [-0.2, 0) is 9.53 Å². The minimum absolute atomic E-state index is 0.0369. The number of carbonyl (C=O) groups excluding carboxylic acids is 2. The van der Waals surface area contributed by atoms with Gasteiger partial charge in [0.2, 0.25) is 5.76 Å². The van der Waals surface area contributed by atoms with Gasteiger partial charge in [0.05, 0.1) is 0 Å². The summed E-state index contributed by atoms with van der Waals surface area (Å²) in [6, 6.07) is 16.3. The third-order valence-electron chi connectivity index (χ3n) is 3.17. The van der Waals surface area contributed by atoms with Crippen LogP contribution in [0, 0.1) is 0 Å². The number of hydrogen-bond acceptors (Lipinski definition) is 4. The van der Waals surface area contributed by atoms with Crippen molar-refractivity contribution < 1.29 is 18.7 Å². The van der Waals surface area contributed by atoms with E-state index in [1.807, 2.05) is 36.4 Å². The predicted molar refractivity (Wildman–Crippen MR) is 89.3 cm³/mol. The van der Waals surface area contributed by atoms with Crippen molar-refractivity contribution in [3.05, 3.63) is 65.0 Å². The number of hydrogen-bond donors (Lipinski definition) is 1. The van der Waals surface area contributed by atoms with Gasteiger partial charge >= 0.3 is 5.97 Å². The molecule has 5 nitrogen and oxygen atoms in total. The number of fused-ring (bicyclic) bond motifs is 1. The summed E-state index contributed by atoms with van der Waals surface area (Å²) in [6.07, 6.45) is 0. The van der Waals surface area contributed by atoms with E-state index in [9.17, 15) is 9.59 Å². The number of anilines is 1. The molecule has 6 heteroatoms. The Morgan fingerprint density at radius 2 is 1.83 bits per heavy atom. The molecule has 0 saturated heterocycles. The van der Waals surface area contributed by atoms with Crippen LogP contribution in [0.1, 0.15) is 10.6 Å². The van der Waals surface area contributed by atoms with Crippen LogP contribution in [0.3, 0.4) is 0 Å². The first kappa shape index (κ1) is 15.3. The summed E-state index contributed by atoms with van der Waals surface area (Å²) in [5.41, 5.74) is 0.671. The van der Waals surface area contributed by atoms with Crippen molar-refractivity contribution in [3.63, 3.8) is 0 Å². The first-order chi connectivity index (χ1) is 11.1. The first-order valence-electron chi connectivity index (χ1n) is 6.83. The molecule has 0 aliphatic carbocycles. The number of nitrogens with one attached hydrogen (secondary N) is 1. The van der Waals surface area contributed by atoms with E-state index in [0.29, 0.717) is 10.4 Å². The lowest BCUT2D eigenvalue weighted by molar-refractivity contribution is -0.119. The summed E-state index contributed by atoms with van der Waals surface area (Å²) in [7, 11) is 0. The molecule has 0 aliphatic heterocycles. The zero-order valence-corrected chi connectivity index (χ0v) is 13.5. The number of ether oxygens (including phenoxy) is 1. The Morgan fingerprint density at radius 3 is 2.61 bits per heavy atom. The lowest BCUT2D eigenvalue weighted by Crippen LogP contribution is -2.20. The number of esters is 1. The Labute approximate surface area is 140 Å². The van der Waals surface area contributed by atoms with Gasteiger partial charge in [0.1, 0.15) is 0 Å². The fourth-order valence-electron chi connectivity index (χ4n) is 2.15. The molecule has 3 aromatic rings. The zero-order chi connectivity index (χ0) is 16.2. The molecule has 1 amide bonds. The van der Waals surface area contributed by atoms with Gasteiger partial charge in [0, 0.05) is 11.1 Å². The average molecular weight is 374 g/mol. The fourth-order valence-corrected chi connectivity index (χ4v) is 2.45. The highest BCUT2D eigenvalue weighted by Gasteiger charge is 2.14. The molecule has 0 aliphatic rings. The highest BCUT2D eigenvalue weighted by molar-refractivity contribution is 9.10. The van der Waals surface area contributed by atoms with E-state index in [0.717, 1.165) is 10.8 Å². The van der Waals surface area contributed by atoms with Gasteiger partial charge in [0.25, 0.3) is 5.91 Å². The number of halogens is 1. The minimum atomic E-state index is -0.691. The standard InChI is InChI=1S/C17H12BrNO4/c18-15-9-8-14(23-15)17(21)22-10-16(20)19-13-7-3-5-11-4-1-2-6-12(11)13/h1-9H,10H2,(H,19,20). The van der Waals surface area contributed by atoms with E-state index in [1.165, 1.54) is 6.07 Å². The Kier molecular flexibility index (Phi) is 4.43. The topological polar surface area (TPSA) is 68.5 Å². The SMILES string of the molecule is O=C(COC(=O)c1ccc(Br)o1)Nc1cccc2ccccc12. The van der Waals surface area contributed by atoms with Crippen molar-refractivity contribution in [1.82, 2.24) is 0 Å². The smallest absolute Gasteiger partial charge is 0.374 e. The van der Waals surface area contributed by atoms with E-state index < -0.39 is 11.9 Å². The molecule has 0 unspecified atom stereocenters. The van der Waals surface area contributed by atoms with Crippen molar-refractivity contribution in [3.8, 4) is 0 Å². The average Bonchev–Trinajstić information content (AvgIpc) is 2.99. The van der Waals surface area contributed by atoms with Gasteiger partial charge in [-0.15, -0.1) is 0 Å². The Hall–Kier alpha value is -2.60. The van der Waals surface area contributed by atoms with E-state index in [4.69, 9.17) is 9.15 Å². The highest BCUT2D eigenvalue weighted by atomic mass is 79.9. The summed E-state index contributed by atoms with van der Waals surface area (Å²) in [5.74, 6) is -1.07. The Balaban J connectivity index is 1.64. The van der Waals surface area contributed by atoms with Crippen LogP contribution in [0.15, 0.2) is 63.7 Å². The largest absolute Gasteiger partial charge is 0.450 e. The molecule has 1 N–H and O–H groups in total. The number of rotatable bonds is 4. The maximum Gasteiger partial charge on any atom is 0.374 e. The number of benzene rings is 2. The highest BCUT2D eigenvalue weighted by Crippen LogP contribution is 2.22. The molecule has 3 rings (SSSR count). The number of furan rings is 1. The second-order valence-corrected chi connectivity index (χ2v) is 5.54. The normalized spacial score (nSPS) is 10.5. The molecular formula is C17H12BrNO4. The number of carbonyl (C=O) groups is 2.